The van der Waals surface area contributed by atoms with Gasteiger partial charge in [0.1, 0.15) is 24.0 Å². The minimum absolute atomic E-state index is 0.0435. The van der Waals surface area contributed by atoms with Crippen LogP contribution < -0.4 is 4.74 Å². The van der Waals surface area contributed by atoms with Crippen LogP contribution in [0, 0.1) is 5.92 Å². The summed E-state index contributed by atoms with van der Waals surface area (Å²) in [4.78, 5) is 52.5. The molecule has 0 saturated carbocycles. The fraction of sp³-hybridized carbons (Fsp3) is 0.484. The highest BCUT2D eigenvalue weighted by Crippen LogP contribution is 2.41. The summed E-state index contributed by atoms with van der Waals surface area (Å²) in [5.41, 5.74) is 4.17. The van der Waals surface area contributed by atoms with Crippen LogP contribution in [0.15, 0.2) is 30.3 Å². The van der Waals surface area contributed by atoms with Gasteiger partial charge >= 0.3 is 12.1 Å². The van der Waals surface area contributed by atoms with Crippen molar-refractivity contribution in [1.82, 2.24) is 4.90 Å². The molecule has 9 nitrogen and oxygen atoms in total. The second-order valence-corrected chi connectivity index (χ2v) is 11.7. The molecule has 1 fully saturated rings. The van der Waals surface area contributed by atoms with Crippen LogP contribution in [0.25, 0.3) is 11.1 Å². The third-order valence-electron chi connectivity index (χ3n) is 7.49. The number of aryl methyl sites for hydroxylation is 1. The number of ketones is 2. The van der Waals surface area contributed by atoms with Crippen molar-refractivity contribution in [2.24, 2.45) is 5.92 Å². The molecule has 0 spiro atoms. The number of Topliss-reactive ketones (excluding diaryl/α,β-unsaturated/α-hetero) is 2. The van der Waals surface area contributed by atoms with Gasteiger partial charge in [0, 0.05) is 42.7 Å². The number of ether oxygens (including phenoxy) is 4. The Morgan fingerprint density at radius 2 is 1.82 bits per heavy atom. The molecule has 1 aliphatic carbocycles. The van der Waals surface area contributed by atoms with E-state index in [1.54, 1.807) is 40.0 Å². The lowest BCUT2D eigenvalue weighted by molar-refractivity contribution is -0.147. The number of likely N-dealkylation sites (tertiary alicyclic amines) is 1. The molecular formula is C31H35NO8. The van der Waals surface area contributed by atoms with Crippen molar-refractivity contribution < 1.29 is 38.1 Å². The average molecular weight is 550 g/mol. The van der Waals surface area contributed by atoms with Crippen molar-refractivity contribution in [3.05, 3.63) is 52.6 Å². The number of amides is 1. The molecule has 0 N–H and O–H groups in total. The second-order valence-electron chi connectivity index (χ2n) is 11.7. The van der Waals surface area contributed by atoms with Crippen molar-refractivity contribution >= 4 is 23.6 Å². The number of methoxy groups -OCH3 is 1. The Labute approximate surface area is 233 Å². The maximum Gasteiger partial charge on any atom is 0.411 e. The van der Waals surface area contributed by atoms with Gasteiger partial charge < -0.3 is 18.9 Å². The third-order valence-corrected chi connectivity index (χ3v) is 7.49. The van der Waals surface area contributed by atoms with Gasteiger partial charge in [-0.3, -0.25) is 14.5 Å². The summed E-state index contributed by atoms with van der Waals surface area (Å²) in [6, 6.07) is 8.36. The van der Waals surface area contributed by atoms with Gasteiger partial charge in [-0.2, -0.15) is 0 Å². The highest BCUT2D eigenvalue weighted by molar-refractivity contribution is 6.01. The van der Waals surface area contributed by atoms with Gasteiger partial charge in [0.2, 0.25) is 0 Å². The second kappa shape index (κ2) is 11.0. The molecule has 5 rings (SSSR count). The number of benzene rings is 2. The number of hydrogen-bond acceptors (Lipinski definition) is 8. The van der Waals surface area contributed by atoms with Crippen molar-refractivity contribution in [3.63, 3.8) is 0 Å². The molecule has 2 atom stereocenters. The average Bonchev–Trinajstić information content (AvgIpc) is 3.34. The van der Waals surface area contributed by atoms with E-state index in [1.807, 2.05) is 18.2 Å². The fourth-order valence-electron chi connectivity index (χ4n) is 5.64. The molecule has 2 aromatic rings. The molecule has 212 valence electrons. The summed E-state index contributed by atoms with van der Waals surface area (Å²) >= 11 is 0. The molecule has 2 aliphatic heterocycles. The summed E-state index contributed by atoms with van der Waals surface area (Å²) in [5.74, 6) is -0.221. The zero-order chi connectivity index (χ0) is 28.6. The summed E-state index contributed by atoms with van der Waals surface area (Å²) in [5, 5.41) is 0. The van der Waals surface area contributed by atoms with E-state index in [9.17, 15) is 19.2 Å². The number of carbonyl (C=O) groups excluding carboxylic acids is 4. The van der Waals surface area contributed by atoms with Crippen LogP contribution >= 0.6 is 0 Å². The maximum absolute atomic E-state index is 13.0. The molecule has 0 aromatic heterocycles. The molecule has 2 heterocycles. The van der Waals surface area contributed by atoms with E-state index in [-0.39, 0.29) is 24.1 Å². The van der Waals surface area contributed by atoms with Crippen LogP contribution in [0.4, 0.5) is 4.79 Å². The monoisotopic (exact) mass is 549 g/mol. The molecule has 1 saturated heterocycles. The number of hydrogen-bond donors (Lipinski definition) is 0. The van der Waals surface area contributed by atoms with Crippen LogP contribution in [0.2, 0.25) is 0 Å². The minimum Gasteiger partial charge on any atom is -0.488 e. The van der Waals surface area contributed by atoms with Crippen molar-refractivity contribution in [3.8, 4) is 16.9 Å². The van der Waals surface area contributed by atoms with Gasteiger partial charge in [0.05, 0.1) is 6.61 Å². The normalized spacial score (nSPS) is 19.7. The Hall–Kier alpha value is -3.72. The Kier molecular flexibility index (Phi) is 7.68. The zero-order valence-electron chi connectivity index (χ0n) is 23.4. The van der Waals surface area contributed by atoms with E-state index in [4.69, 9.17) is 18.9 Å². The third kappa shape index (κ3) is 5.75. The number of esters is 1. The first-order valence-electron chi connectivity index (χ1n) is 13.7. The Morgan fingerprint density at radius 1 is 1.02 bits per heavy atom. The van der Waals surface area contributed by atoms with Crippen LogP contribution in [0.3, 0.4) is 0 Å². The molecule has 9 heteroatoms. The number of carbonyl (C=O) groups is 4. The lowest BCUT2D eigenvalue weighted by atomic mass is 9.86. The molecule has 2 aromatic carbocycles. The number of rotatable bonds is 6. The Bertz CT molecular complexity index is 1360. The minimum atomic E-state index is -0.853. The molecular weight excluding hydrogens is 514 g/mol. The lowest BCUT2D eigenvalue weighted by Crippen LogP contribution is -2.44. The van der Waals surface area contributed by atoms with E-state index in [0.29, 0.717) is 37.3 Å². The van der Waals surface area contributed by atoms with Gasteiger partial charge in [-0.1, -0.05) is 12.1 Å². The van der Waals surface area contributed by atoms with Crippen LogP contribution in [0.5, 0.6) is 5.75 Å². The summed E-state index contributed by atoms with van der Waals surface area (Å²) in [6.45, 7) is 5.80. The van der Waals surface area contributed by atoms with Gasteiger partial charge in [0.25, 0.3) is 0 Å². The van der Waals surface area contributed by atoms with Gasteiger partial charge in [-0.05, 0) is 74.9 Å². The highest BCUT2D eigenvalue weighted by Gasteiger charge is 2.42. The highest BCUT2D eigenvalue weighted by atomic mass is 16.6. The van der Waals surface area contributed by atoms with E-state index < -0.39 is 30.3 Å². The molecule has 0 bridgehead atoms. The molecule has 3 aliphatic rings. The van der Waals surface area contributed by atoms with Crippen LogP contribution in [-0.4, -0.2) is 67.0 Å². The number of nitrogens with zero attached hydrogens (tertiary/aromatic N) is 1. The Balaban J connectivity index is 1.27. The molecule has 40 heavy (non-hydrogen) atoms. The lowest BCUT2D eigenvalue weighted by Gasteiger charge is -2.27. The van der Waals surface area contributed by atoms with Crippen LogP contribution in [-0.2, 0) is 32.0 Å². The predicted molar refractivity (Wildman–Crippen MR) is 145 cm³/mol. The van der Waals surface area contributed by atoms with Crippen molar-refractivity contribution in [1.29, 1.82) is 0 Å². The summed E-state index contributed by atoms with van der Waals surface area (Å²) in [7, 11) is 1.57. The largest absolute Gasteiger partial charge is 0.488 e. The molecule has 0 unspecified atom stereocenters. The topological polar surface area (TPSA) is 108 Å². The summed E-state index contributed by atoms with van der Waals surface area (Å²) < 4.78 is 22.1. The van der Waals surface area contributed by atoms with E-state index in [0.717, 1.165) is 40.7 Å². The molecule has 0 radical (unpaired) electrons. The van der Waals surface area contributed by atoms with E-state index in [1.165, 1.54) is 4.90 Å². The first-order valence-corrected chi connectivity index (χ1v) is 13.7. The summed E-state index contributed by atoms with van der Waals surface area (Å²) in [6.07, 6.45) is 2.02. The number of fused-ring (bicyclic) bond motifs is 4. The zero-order valence-corrected chi connectivity index (χ0v) is 23.4. The van der Waals surface area contributed by atoms with Gasteiger partial charge in [0.15, 0.2) is 18.2 Å². The maximum atomic E-state index is 13.0. The fourth-order valence-corrected chi connectivity index (χ4v) is 5.64. The van der Waals surface area contributed by atoms with E-state index in [2.05, 4.69) is 0 Å². The first-order chi connectivity index (χ1) is 19.0. The predicted octanol–water partition coefficient (Wildman–Crippen LogP) is 4.76. The quantitative estimate of drug-likeness (QED) is 0.375. The standard InChI is InChI=1S/C31H35NO8/c1-31(2,3)40-30(36)32-14-18(15-37-4)10-25(32)29(35)39-17-27(34)20-8-9-22-21(11-20)16-38-28-13-23-19(12-24(22)28)6-5-7-26(23)33/h8-9,11-13,18,25H,5-7,10,14-17H2,1-4H3/t18-,25-/m1/s1. The smallest absolute Gasteiger partial charge is 0.411 e. The SMILES string of the molecule is COC[C@@H]1C[C@H](C(=O)OCC(=O)c2ccc3c(c2)COc2cc4c(cc2-3)CCCC4=O)N(C(=O)OC(C)(C)C)C1. The van der Waals surface area contributed by atoms with E-state index >= 15 is 0 Å². The Morgan fingerprint density at radius 3 is 2.58 bits per heavy atom. The first kappa shape index (κ1) is 27.8. The van der Waals surface area contributed by atoms with Gasteiger partial charge in [-0.15, -0.1) is 0 Å². The van der Waals surface area contributed by atoms with Gasteiger partial charge in [-0.25, -0.2) is 9.59 Å². The molecule has 1 amide bonds. The van der Waals surface area contributed by atoms with Crippen molar-refractivity contribution in [2.75, 3.05) is 26.9 Å². The van der Waals surface area contributed by atoms with Crippen molar-refractivity contribution in [2.45, 2.75) is 64.7 Å². The van der Waals surface area contributed by atoms with Crippen LogP contribution in [0.1, 0.15) is 71.9 Å².